The second kappa shape index (κ2) is 9.71. The first-order chi connectivity index (χ1) is 13.9. The first kappa shape index (κ1) is 21.1. The van der Waals surface area contributed by atoms with E-state index in [0.717, 1.165) is 5.76 Å². The number of anilines is 2. The number of thioether (sulfide) groups is 1. The summed E-state index contributed by atoms with van der Waals surface area (Å²) in [6, 6.07) is 10.6. The van der Waals surface area contributed by atoms with Crippen molar-refractivity contribution in [3.8, 4) is 0 Å². The molecule has 1 atom stereocenters. The molecule has 3 rings (SSSR count). The van der Waals surface area contributed by atoms with Crippen molar-refractivity contribution < 1.29 is 14.0 Å². The maximum Gasteiger partial charge on any atom is 0.226 e. The number of benzene rings is 1. The summed E-state index contributed by atoms with van der Waals surface area (Å²) < 4.78 is 5.99. The van der Waals surface area contributed by atoms with E-state index in [-0.39, 0.29) is 22.9 Å². The largest absolute Gasteiger partial charge is 0.467 e. The number of hydrogen-bond acceptors (Lipinski definition) is 8. The van der Waals surface area contributed by atoms with Gasteiger partial charge >= 0.3 is 0 Å². The maximum absolute atomic E-state index is 12.7. The molecule has 9 heteroatoms. The molecule has 0 aliphatic carbocycles. The molecule has 0 spiro atoms. The van der Waals surface area contributed by atoms with Crippen LogP contribution in [0.3, 0.4) is 0 Å². The highest BCUT2D eigenvalue weighted by Crippen LogP contribution is 2.30. The fourth-order valence-corrected chi connectivity index (χ4v) is 4.32. The lowest BCUT2D eigenvalue weighted by Crippen LogP contribution is -2.18. The Kier molecular flexibility index (Phi) is 7.05. The third-order valence-corrected chi connectivity index (χ3v) is 6.07. The van der Waals surface area contributed by atoms with Crippen molar-refractivity contribution in [3.05, 3.63) is 54.0 Å². The minimum absolute atomic E-state index is 0.00275. The van der Waals surface area contributed by atoms with Crippen molar-refractivity contribution >= 4 is 45.6 Å². The van der Waals surface area contributed by atoms with Crippen LogP contribution < -0.4 is 10.6 Å². The van der Waals surface area contributed by atoms with E-state index in [0.29, 0.717) is 27.3 Å². The maximum atomic E-state index is 12.7. The van der Waals surface area contributed by atoms with Gasteiger partial charge in [0.05, 0.1) is 18.1 Å². The molecule has 1 aromatic carbocycles. The van der Waals surface area contributed by atoms with Crippen LogP contribution >= 0.6 is 23.1 Å². The minimum atomic E-state index is -0.308. The summed E-state index contributed by atoms with van der Waals surface area (Å²) in [4.78, 5) is 24.5. The zero-order valence-corrected chi connectivity index (χ0v) is 18.0. The highest BCUT2D eigenvalue weighted by atomic mass is 32.2. The predicted octanol–water partition coefficient (Wildman–Crippen LogP) is 4.70. The Labute approximate surface area is 177 Å². The van der Waals surface area contributed by atoms with Crippen LogP contribution in [0.5, 0.6) is 0 Å². The van der Waals surface area contributed by atoms with Crippen LogP contribution in [0.25, 0.3) is 0 Å². The van der Waals surface area contributed by atoms with Gasteiger partial charge in [0.25, 0.3) is 0 Å². The number of carbonyl (C=O) groups is 2. The topological polar surface area (TPSA) is 97.1 Å². The van der Waals surface area contributed by atoms with E-state index in [1.165, 1.54) is 23.1 Å². The molecule has 1 amide bonds. The van der Waals surface area contributed by atoms with Crippen LogP contribution in [0.2, 0.25) is 0 Å². The van der Waals surface area contributed by atoms with Crippen molar-refractivity contribution in [1.82, 2.24) is 10.2 Å². The van der Waals surface area contributed by atoms with Crippen LogP contribution in [0.1, 0.15) is 36.9 Å². The van der Waals surface area contributed by atoms with Crippen molar-refractivity contribution in [2.24, 2.45) is 5.92 Å². The molecule has 152 valence electrons. The molecule has 2 heterocycles. The van der Waals surface area contributed by atoms with E-state index in [1.54, 1.807) is 30.5 Å². The summed E-state index contributed by atoms with van der Waals surface area (Å²) in [5.41, 5.74) is 1.27. The van der Waals surface area contributed by atoms with Gasteiger partial charge in [-0.3, -0.25) is 9.59 Å². The Balaban J connectivity index is 1.54. The van der Waals surface area contributed by atoms with E-state index >= 15 is 0 Å². The van der Waals surface area contributed by atoms with E-state index < -0.39 is 0 Å². The second-order valence-corrected chi connectivity index (χ2v) is 9.22. The first-order valence-electron chi connectivity index (χ1n) is 9.14. The third-order valence-electron chi connectivity index (χ3n) is 4.01. The molecular formula is C20H22N4O3S2. The number of hydrogen-bond donors (Lipinski definition) is 2. The lowest BCUT2D eigenvalue weighted by Gasteiger charge is -2.10. The second-order valence-electron chi connectivity index (χ2n) is 6.65. The molecule has 0 radical (unpaired) electrons. The van der Waals surface area contributed by atoms with E-state index in [1.807, 2.05) is 32.9 Å². The molecule has 0 bridgehead atoms. The molecule has 0 saturated heterocycles. The molecule has 29 heavy (non-hydrogen) atoms. The molecule has 0 aliphatic rings. The number of amides is 1. The molecule has 2 N–H and O–H groups in total. The Morgan fingerprint density at radius 1 is 1.14 bits per heavy atom. The third kappa shape index (κ3) is 5.91. The summed E-state index contributed by atoms with van der Waals surface area (Å²) in [5, 5.41) is 14.6. The number of nitrogens with zero attached hydrogens (tertiary/aromatic N) is 2. The molecule has 1 unspecified atom stereocenters. The average Bonchev–Trinajstić information content (AvgIpc) is 3.38. The Morgan fingerprint density at radius 3 is 2.55 bits per heavy atom. The van der Waals surface area contributed by atoms with Crippen LogP contribution in [0.4, 0.5) is 10.8 Å². The predicted molar refractivity (Wildman–Crippen MR) is 116 cm³/mol. The lowest BCUT2D eigenvalue weighted by atomic mass is 10.1. The highest BCUT2D eigenvalue weighted by molar-refractivity contribution is 8.02. The van der Waals surface area contributed by atoms with Gasteiger partial charge < -0.3 is 15.1 Å². The zero-order valence-electron chi connectivity index (χ0n) is 16.3. The van der Waals surface area contributed by atoms with Crippen LogP contribution in [-0.2, 0) is 11.3 Å². The first-order valence-corrected chi connectivity index (χ1v) is 10.8. The van der Waals surface area contributed by atoms with Crippen molar-refractivity contribution in [2.75, 3.05) is 10.6 Å². The molecule has 2 aromatic heterocycles. The number of carbonyl (C=O) groups excluding carboxylic acids is 2. The van der Waals surface area contributed by atoms with Gasteiger partial charge in [-0.05, 0) is 43.3 Å². The normalized spacial score (nSPS) is 12.0. The van der Waals surface area contributed by atoms with Crippen molar-refractivity contribution in [1.29, 1.82) is 0 Å². The van der Waals surface area contributed by atoms with Crippen LogP contribution in [0, 0.1) is 5.92 Å². The van der Waals surface area contributed by atoms with Gasteiger partial charge in [-0.1, -0.05) is 36.9 Å². The summed E-state index contributed by atoms with van der Waals surface area (Å²) in [7, 11) is 0. The zero-order chi connectivity index (χ0) is 20.8. The number of rotatable bonds is 9. The average molecular weight is 431 g/mol. The van der Waals surface area contributed by atoms with Gasteiger partial charge in [0, 0.05) is 17.2 Å². The highest BCUT2D eigenvalue weighted by Gasteiger charge is 2.19. The van der Waals surface area contributed by atoms with Gasteiger partial charge in [0.15, 0.2) is 10.1 Å². The fraction of sp³-hybridized carbons (Fsp3) is 0.300. The number of nitrogens with one attached hydrogen (secondary N) is 2. The molecule has 0 fully saturated rings. The number of Topliss-reactive ketones (excluding diaryl/α,β-unsaturated/α-hetero) is 1. The lowest BCUT2D eigenvalue weighted by molar-refractivity contribution is -0.118. The van der Waals surface area contributed by atoms with Gasteiger partial charge in [0.2, 0.25) is 11.0 Å². The molecule has 7 nitrogen and oxygen atoms in total. The monoisotopic (exact) mass is 430 g/mol. The molecule has 3 aromatic rings. The fourth-order valence-electron chi connectivity index (χ4n) is 2.35. The summed E-state index contributed by atoms with van der Waals surface area (Å²) >= 11 is 2.77. The number of aromatic nitrogens is 2. The van der Waals surface area contributed by atoms with Gasteiger partial charge in [-0.25, -0.2) is 0 Å². The molecular weight excluding hydrogens is 408 g/mol. The quantitative estimate of drug-likeness (QED) is 0.375. The van der Waals surface area contributed by atoms with Gasteiger partial charge in [-0.2, -0.15) is 0 Å². The van der Waals surface area contributed by atoms with E-state index in [9.17, 15) is 9.59 Å². The van der Waals surface area contributed by atoms with E-state index in [4.69, 9.17) is 4.42 Å². The number of furan rings is 1. The van der Waals surface area contributed by atoms with Gasteiger partial charge in [0.1, 0.15) is 5.76 Å². The SMILES string of the molecule is CC(C)C(=O)Nc1ccc(C(=O)C(C)Sc2nnc(NCc3ccco3)s2)cc1. The van der Waals surface area contributed by atoms with Crippen molar-refractivity contribution in [2.45, 2.75) is 36.9 Å². The summed E-state index contributed by atoms with van der Waals surface area (Å²) in [6.07, 6.45) is 1.62. The Morgan fingerprint density at radius 2 is 1.90 bits per heavy atom. The summed E-state index contributed by atoms with van der Waals surface area (Å²) in [6.45, 7) is 6.04. The van der Waals surface area contributed by atoms with E-state index in [2.05, 4.69) is 20.8 Å². The van der Waals surface area contributed by atoms with Gasteiger partial charge in [-0.15, -0.1) is 10.2 Å². The van der Waals surface area contributed by atoms with Crippen LogP contribution in [0.15, 0.2) is 51.4 Å². The number of ketones is 1. The van der Waals surface area contributed by atoms with Crippen molar-refractivity contribution in [3.63, 3.8) is 0 Å². The Hall–Kier alpha value is -2.65. The standard InChI is InChI=1S/C20H22N4O3S2/c1-12(2)18(26)22-15-8-6-14(7-9-15)17(25)13(3)28-20-24-23-19(29-20)21-11-16-5-4-10-27-16/h4-10,12-13H,11H2,1-3H3,(H,21,23)(H,22,26). The summed E-state index contributed by atoms with van der Waals surface area (Å²) in [5.74, 6) is 0.654. The molecule has 0 aliphatic heterocycles. The molecule has 0 saturated carbocycles. The Bertz CT molecular complexity index is 953. The smallest absolute Gasteiger partial charge is 0.226 e. The minimum Gasteiger partial charge on any atom is -0.467 e. The van der Waals surface area contributed by atoms with Crippen LogP contribution in [-0.4, -0.2) is 27.1 Å².